The first-order chi connectivity index (χ1) is 7.86. The Morgan fingerprint density at radius 1 is 1.31 bits per heavy atom. The summed E-state index contributed by atoms with van der Waals surface area (Å²) in [5.74, 6) is 1.49. The molecular formula is C13H19N3. The van der Waals surface area contributed by atoms with E-state index >= 15 is 0 Å². The summed E-state index contributed by atoms with van der Waals surface area (Å²) in [6.07, 6.45) is 7.56. The highest BCUT2D eigenvalue weighted by molar-refractivity contribution is 5.13. The highest BCUT2D eigenvalue weighted by Gasteiger charge is 2.35. The lowest BCUT2D eigenvalue weighted by Crippen LogP contribution is -2.46. The van der Waals surface area contributed by atoms with Crippen molar-refractivity contribution in [2.75, 3.05) is 19.6 Å². The number of aryl methyl sites for hydroxylation is 1. The summed E-state index contributed by atoms with van der Waals surface area (Å²) in [4.78, 5) is 11.7. The van der Waals surface area contributed by atoms with Crippen molar-refractivity contribution in [3.63, 3.8) is 0 Å². The van der Waals surface area contributed by atoms with Gasteiger partial charge < -0.3 is 4.90 Å². The molecule has 16 heavy (non-hydrogen) atoms. The van der Waals surface area contributed by atoms with Gasteiger partial charge >= 0.3 is 0 Å². The molecule has 3 aliphatic heterocycles. The molecule has 0 amide bonds. The van der Waals surface area contributed by atoms with E-state index in [1.165, 1.54) is 38.2 Å². The molecule has 2 bridgehead atoms. The molecule has 0 aromatic carbocycles. The lowest BCUT2D eigenvalue weighted by atomic mass is 9.77. The molecule has 3 fully saturated rings. The Hall–Kier alpha value is -0.960. The summed E-state index contributed by atoms with van der Waals surface area (Å²) in [6, 6.07) is 0. The second-order valence-corrected chi connectivity index (χ2v) is 5.03. The van der Waals surface area contributed by atoms with Crippen molar-refractivity contribution in [3.05, 3.63) is 23.8 Å². The first-order valence-electron chi connectivity index (χ1n) is 6.40. The Balaban J connectivity index is 1.86. The Morgan fingerprint density at radius 3 is 2.75 bits per heavy atom. The lowest BCUT2D eigenvalue weighted by molar-refractivity contribution is 0.0852. The normalized spacial score (nSPS) is 32.9. The van der Waals surface area contributed by atoms with Crippen LogP contribution >= 0.6 is 0 Å². The van der Waals surface area contributed by atoms with Gasteiger partial charge in [0.25, 0.3) is 0 Å². The first kappa shape index (κ1) is 10.2. The van der Waals surface area contributed by atoms with Crippen molar-refractivity contribution in [3.8, 4) is 0 Å². The van der Waals surface area contributed by atoms with Gasteiger partial charge in [-0.1, -0.05) is 6.92 Å². The van der Waals surface area contributed by atoms with Gasteiger partial charge in [-0.3, -0.25) is 9.97 Å². The fourth-order valence-electron chi connectivity index (χ4n) is 3.07. The zero-order valence-electron chi connectivity index (χ0n) is 9.89. The average molecular weight is 217 g/mol. The Morgan fingerprint density at radius 2 is 2.12 bits per heavy atom. The minimum absolute atomic E-state index is 0.640. The topological polar surface area (TPSA) is 29.0 Å². The number of piperidine rings is 3. The van der Waals surface area contributed by atoms with Crippen LogP contribution in [-0.4, -0.2) is 34.5 Å². The van der Waals surface area contributed by atoms with Gasteiger partial charge in [0.2, 0.25) is 0 Å². The van der Waals surface area contributed by atoms with E-state index in [1.54, 1.807) is 0 Å². The zero-order chi connectivity index (χ0) is 11.0. The molecule has 3 heteroatoms. The molecule has 1 atom stereocenters. The van der Waals surface area contributed by atoms with Gasteiger partial charge in [-0.25, -0.2) is 0 Å². The smallest absolute Gasteiger partial charge is 0.0636 e. The molecule has 0 saturated carbocycles. The van der Waals surface area contributed by atoms with Crippen LogP contribution in [0.5, 0.6) is 0 Å². The summed E-state index contributed by atoms with van der Waals surface area (Å²) in [6.45, 7) is 5.93. The van der Waals surface area contributed by atoms with Crippen molar-refractivity contribution < 1.29 is 0 Å². The summed E-state index contributed by atoms with van der Waals surface area (Å²) < 4.78 is 0. The fourth-order valence-corrected chi connectivity index (χ4v) is 3.07. The second kappa shape index (κ2) is 4.13. The van der Waals surface area contributed by atoms with Crippen LogP contribution in [-0.2, 0) is 6.42 Å². The summed E-state index contributed by atoms with van der Waals surface area (Å²) in [5, 5.41) is 0. The van der Waals surface area contributed by atoms with E-state index < -0.39 is 0 Å². The van der Waals surface area contributed by atoms with Crippen LogP contribution in [0.1, 0.15) is 37.1 Å². The van der Waals surface area contributed by atoms with E-state index in [4.69, 9.17) is 4.98 Å². The molecular weight excluding hydrogens is 198 g/mol. The molecule has 86 valence electrons. The van der Waals surface area contributed by atoms with Crippen molar-refractivity contribution in [1.29, 1.82) is 0 Å². The monoisotopic (exact) mass is 217 g/mol. The number of aromatic nitrogens is 2. The van der Waals surface area contributed by atoms with Crippen LogP contribution in [0.25, 0.3) is 0 Å². The zero-order valence-corrected chi connectivity index (χ0v) is 9.89. The van der Waals surface area contributed by atoms with Crippen LogP contribution < -0.4 is 0 Å². The minimum atomic E-state index is 0.640. The lowest BCUT2D eigenvalue weighted by Gasteiger charge is -2.44. The molecule has 1 aromatic rings. The van der Waals surface area contributed by atoms with Crippen LogP contribution in [0.3, 0.4) is 0 Å². The Kier molecular flexibility index (Phi) is 2.64. The number of rotatable bonds is 2. The third-order valence-corrected chi connectivity index (χ3v) is 4.10. The molecule has 0 unspecified atom stereocenters. The number of hydrogen-bond acceptors (Lipinski definition) is 3. The van der Waals surface area contributed by atoms with Crippen LogP contribution in [0.2, 0.25) is 0 Å². The van der Waals surface area contributed by atoms with Crippen molar-refractivity contribution in [1.82, 2.24) is 14.9 Å². The third-order valence-electron chi connectivity index (χ3n) is 4.10. The molecule has 4 rings (SSSR count). The fraction of sp³-hybridized carbons (Fsp3) is 0.692. The predicted molar refractivity (Wildman–Crippen MR) is 63.3 cm³/mol. The molecule has 1 aromatic heterocycles. The third kappa shape index (κ3) is 1.73. The standard InChI is InChI=1S/C13H19N3/c1-2-11-7-14-8-13(15-11)12-9-16-5-3-10(12)4-6-16/h7-8,10,12H,2-6,9H2,1H3/t12-/m1/s1. The summed E-state index contributed by atoms with van der Waals surface area (Å²) in [7, 11) is 0. The molecule has 3 aliphatic rings. The maximum Gasteiger partial charge on any atom is 0.0636 e. The summed E-state index contributed by atoms with van der Waals surface area (Å²) in [5.41, 5.74) is 2.36. The van der Waals surface area contributed by atoms with Gasteiger partial charge in [-0.05, 0) is 38.3 Å². The van der Waals surface area contributed by atoms with Crippen molar-refractivity contribution in [2.45, 2.75) is 32.1 Å². The predicted octanol–water partition coefficient (Wildman–Crippen LogP) is 1.85. The van der Waals surface area contributed by atoms with Gasteiger partial charge in [0.05, 0.1) is 11.4 Å². The van der Waals surface area contributed by atoms with E-state index in [0.29, 0.717) is 5.92 Å². The molecule has 3 nitrogen and oxygen atoms in total. The Bertz CT molecular complexity index is 369. The van der Waals surface area contributed by atoms with Gasteiger partial charge in [-0.2, -0.15) is 0 Å². The molecule has 0 N–H and O–H groups in total. The van der Waals surface area contributed by atoms with E-state index in [9.17, 15) is 0 Å². The van der Waals surface area contributed by atoms with E-state index in [1.807, 2.05) is 12.4 Å². The first-order valence-corrected chi connectivity index (χ1v) is 6.40. The second-order valence-electron chi connectivity index (χ2n) is 5.03. The quantitative estimate of drug-likeness (QED) is 0.757. The molecule has 3 saturated heterocycles. The van der Waals surface area contributed by atoms with E-state index in [2.05, 4.69) is 16.8 Å². The SMILES string of the molecule is CCc1cncc([C@@H]2CN3CCC2CC3)n1. The van der Waals surface area contributed by atoms with Gasteiger partial charge in [0.15, 0.2) is 0 Å². The molecule has 0 radical (unpaired) electrons. The molecule has 4 heterocycles. The maximum atomic E-state index is 4.74. The minimum Gasteiger partial charge on any atom is -0.303 e. The van der Waals surface area contributed by atoms with E-state index in [-0.39, 0.29) is 0 Å². The van der Waals surface area contributed by atoms with Crippen LogP contribution in [0, 0.1) is 5.92 Å². The number of fused-ring (bicyclic) bond motifs is 3. The average Bonchev–Trinajstić information content (AvgIpc) is 2.40. The molecule has 0 spiro atoms. The number of nitrogens with zero attached hydrogens (tertiary/aromatic N) is 3. The summed E-state index contributed by atoms with van der Waals surface area (Å²) >= 11 is 0. The molecule has 0 aliphatic carbocycles. The van der Waals surface area contributed by atoms with Gasteiger partial charge in [-0.15, -0.1) is 0 Å². The van der Waals surface area contributed by atoms with E-state index in [0.717, 1.165) is 18.0 Å². The number of hydrogen-bond donors (Lipinski definition) is 0. The van der Waals surface area contributed by atoms with Crippen molar-refractivity contribution in [2.24, 2.45) is 5.92 Å². The maximum absolute atomic E-state index is 4.74. The Labute approximate surface area is 96.9 Å². The van der Waals surface area contributed by atoms with Crippen LogP contribution in [0.4, 0.5) is 0 Å². The van der Waals surface area contributed by atoms with Crippen molar-refractivity contribution >= 4 is 0 Å². The van der Waals surface area contributed by atoms with Gasteiger partial charge in [0, 0.05) is 24.9 Å². The largest absolute Gasteiger partial charge is 0.303 e. The highest BCUT2D eigenvalue weighted by atomic mass is 15.1. The highest BCUT2D eigenvalue weighted by Crippen LogP contribution is 2.37. The van der Waals surface area contributed by atoms with Gasteiger partial charge in [0.1, 0.15) is 0 Å². The van der Waals surface area contributed by atoms with Crippen LogP contribution in [0.15, 0.2) is 12.4 Å².